The van der Waals surface area contributed by atoms with E-state index in [-0.39, 0.29) is 35.4 Å². The number of methoxy groups -OCH3 is 1. The Kier molecular flexibility index (Phi) is 10.1. The molecule has 3 rings (SSSR count). The summed E-state index contributed by atoms with van der Waals surface area (Å²) in [4.78, 5) is 21.9. The van der Waals surface area contributed by atoms with Gasteiger partial charge in [0.1, 0.15) is 5.75 Å². The summed E-state index contributed by atoms with van der Waals surface area (Å²) >= 11 is 1.42. The van der Waals surface area contributed by atoms with Crippen molar-refractivity contribution in [1.29, 1.82) is 0 Å². The number of carbonyl (C=O) groups excluding carboxylic acids is 1. The maximum absolute atomic E-state index is 13.2. The van der Waals surface area contributed by atoms with Crippen LogP contribution >= 0.6 is 23.7 Å². The predicted octanol–water partition coefficient (Wildman–Crippen LogP) is 4.27. The predicted molar refractivity (Wildman–Crippen MR) is 137 cm³/mol. The monoisotopic (exact) mass is 511 g/mol. The van der Waals surface area contributed by atoms with Crippen molar-refractivity contribution in [3.05, 3.63) is 48.5 Å². The summed E-state index contributed by atoms with van der Waals surface area (Å²) in [5.74, 6) is 0.211. The van der Waals surface area contributed by atoms with E-state index in [0.29, 0.717) is 24.0 Å². The van der Waals surface area contributed by atoms with Crippen LogP contribution in [0.5, 0.6) is 5.75 Å². The Bertz CT molecular complexity index is 1150. The van der Waals surface area contributed by atoms with Crippen molar-refractivity contribution in [1.82, 2.24) is 9.88 Å². The Balaban J connectivity index is 0.00000385. The maximum Gasteiger partial charge on any atom is 0.229 e. The number of hydrogen-bond acceptors (Lipinski definition) is 7. The van der Waals surface area contributed by atoms with Crippen LogP contribution < -0.4 is 9.64 Å². The molecule has 0 aliphatic carbocycles. The van der Waals surface area contributed by atoms with E-state index < -0.39 is 9.84 Å². The molecular formula is C23H30ClN3O4S2. The van der Waals surface area contributed by atoms with Crippen LogP contribution in [-0.4, -0.2) is 63.3 Å². The smallest absolute Gasteiger partial charge is 0.229 e. The number of likely N-dealkylation sites (N-methyl/N-ethyl adjacent to an activating group) is 1. The number of rotatable bonds is 11. The lowest BCUT2D eigenvalue weighted by atomic mass is 10.3. The van der Waals surface area contributed by atoms with Crippen molar-refractivity contribution < 1.29 is 17.9 Å². The average molecular weight is 512 g/mol. The highest BCUT2D eigenvalue weighted by Crippen LogP contribution is 2.31. The molecule has 1 aromatic heterocycles. The summed E-state index contributed by atoms with van der Waals surface area (Å²) in [5, 5.41) is 0.572. The average Bonchev–Trinajstić information content (AvgIpc) is 3.23. The number of nitrogens with zero attached hydrogens (tertiary/aromatic N) is 3. The number of thiazole rings is 1. The van der Waals surface area contributed by atoms with Gasteiger partial charge in [0.2, 0.25) is 5.91 Å². The molecule has 0 spiro atoms. The summed E-state index contributed by atoms with van der Waals surface area (Å²) in [6.07, 6.45) is -0.102. The van der Waals surface area contributed by atoms with Gasteiger partial charge in [-0.2, -0.15) is 0 Å². The third kappa shape index (κ3) is 6.89. The summed E-state index contributed by atoms with van der Waals surface area (Å²) in [7, 11) is -1.94. The molecule has 0 atom stereocenters. The third-order valence-corrected chi connectivity index (χ3v) is 8.13. The van der Waals surface area contributed by atoms with Crippen molar-refractivity contribution in [2.75, 3.05) is 43.9 Å². The quantitative estimate of drug-likeness (QED) is 0.382. The number of benzene rings is 2. The molecule has 0 bridgehead atoms. The van der Waals surface area contributed by atoms with E-state index in [1.54, 1.807) is 42.3 Å². The highest BCUT2D eigenvalue weighted by molar-refractivity contribution is 7.91. The molecule has 0 fully saturated rings. The lowest BCUT2D eigenvalue weighted by Crippen LogP contribution is -2.39. The first-order chi connectivity index (χ1) is 15.4. The second-order valence-corrected chi connectivity index (χ2v) is 10.4. The van der Waals surface area contributed by atoms with Crippen LogP contribution in [0.25, 0.3) is 10.2 Å². The van der Waals surface area contributed by atoms with Crippen LogP contribution in [0, 0.1) is 0 Å². The summed E-state index contributed by atoms with van der Waals surface area (Å²) < 4.78 is 31.5. The van der Waals surface area contributed by atoms with Crippen LogP contribution in [0.2, 0.25) is 0 Å². The molecule has 180 valence electrons. The zero-order chi connectivity index (χ0) is 23.1. The fourth-order valence-electron chi connectivity index (χ4n) is 3.35. The number of hydrogen-bond donors (Lipinski definition) is 0. The Morgan fingerprint density at radius 1 is 1.06 bits per heavy atom. The number of fused-ring (bicyclic) bond motifs is 1. The standard InChI is InChI=1S/C23H29N3O4S2.ClH/c1-4-25(5-2)14-15-26(23-24-20-17-18(30-3)11-12-21(20)31-23)22(27)13-16-32(28,29)19-9-7-6-8-10-19;/h6-12,17H,4-5,13-16H2,1-3H3;1H. The number of anilines is 1. The second-order valence-electron chi connectivity index (χ2n) is 7.28. The molecule has 3 aromatic rings. The summed E-state index contributed by atoms with van der Waals surface area (Å²) in [5.41, 5.74) is 0.752. The number of amides is 1. The number of carbonyl (C=O) groups is 1. The van der Waals surface area contributed by atoms with E-state index in [2.05, 4.69) is 23.7 Å². The van der Waals surface area contributed by atoms with Gasteiger partial charge < -0.3 is 9.64 Å². The van der Waals surface area contributed by atoms with Crippen molar-refractivity contribution in [3.8, 4) is 5.75 Å². The second kappa shape index (κ2) is 12.3. The minimum Gasteiger partial charge on any atom is -0.497 e. The van der Waals surface area contributed by atoms with Crippen molar-refractivity contribution in [2.45, 2.75) is 25.2 Å². The van der Waals surface area contributed by atoms with E-state index in [4.69, 9.17) is 4.74 Å². The van der Waals surface area contributed by atoms with E-state index in [1.807, 2.05) is 18.2 Å². The molecule has 0 N–H and O–H groups in total. The van der Waals surface area contributed by atoms with Gasteiger partial charge in [0.25, 0.3) is 0 Å². The first-order valence-corrected chi connectivity index (χ1v) is 13.1. The van der Waals surface area contributed by atoms with Crippen molar-refractivity contribution in [3.63, 3.8) is 0 Å². The molecule has 1 amide bonds. The van der Waals surface area contributed by atoms with Gasteiger partial charge in [0.15, 0.2) is 15.0 Å². The largest absolute Gasteiger partial charge is 0.497 e. The molecule has 0 aliphatic heterocycles. The molecule has 7 nitrogen and oxygen atoms in total. The maximum atomic E-state index is 13.2. The Hall–Kier alpha value is -2.20. The van der Waals surface area contributed by atoms with E-state index >= 15 is 0 Å². The fourth-order valence-corrected chi connectivity index (χ4v) is 5.59. The lowest BCUT2D eigenvalue weighted by Gasteiger charge is -2.24. The van der Waals surface area contributed by atoms with Gasteiger partial charge in [-0.3, -0.25) is 9.69 Å². The molecule has 0 unspecified atom stereocenters. The van der Waals surface area contributed by atoms with Gasteiger partial charge in [0, 0.05) is 25.6 Å². The van der Waals surface area contributed by atoms with Gasteiger partial charge in [-0.05, 0) is 37.4 Å². The first kappa shape index (κ1) is 27.0. The normalized spacial score (nSPS) is 11.4. The molecule has 0 saturated heterocycles. The number of halogens is 1. The molecule has 0 radical (unpaired) electrons. The van der Waals surface area contributed by atoms with Gasteiger partial charge in [0.05, 0.1) is 28.0 Å². The molecule has 1 heterocycles. The van der Waals surface area contributed by atoms with Gasteiger partial charge in [-0.25, -0.2) is 13.4 Å². The number of aromatic nitrogens is 1. The summed E-state index contributed by atoms with van der Waals surface area (Å²) in [6, 6.07) is 13.9. The van der Waals surface area contributed by atoms with Crippen molar-refractivity contribution >= 4 is 54.8 Å². The Morgan fingerprint density at radius 3 is 2.39 bits per heavy atom. The number of sulfone groups is 1. The molecule has 2 aromatic carbocycles. The lowest BCUT2D eigenvalue weighted by molar-refractivity contribution is -0.118. The molecular weight excluding hydrogens is 482 g/mol. The van der Waals surface area contributed by atoms with Gasteiger partial charge >= 0.3 is 0 Å². The number of ether oxygens (including phenoxy) is 1. The van der Waals surface area contributed by atoms with E-state index in [0.717, 1.165) is 23.3 Å². The minimum absolute atomic E-state index is 0. The van der Waals surface area contributed by atoms with Crippen molar-refractivity contribution in [2.24, 2.45) is 0 Å². The highest BCUT2D eigenvalue weighted by Gasteiger charge is 2.23. The SMILES string of the molecule is CCN(CC)CCN(C(=O)CCS(=O)(=O)c1ccccc1)c1nc2cc(OC)ccc2s1.Cl. The zero-order valence-corrected chi connectivity index (χ0v) is 21.5. The fraction of sp³-hybridized carbons (Fsp3) is 0.391. The minimum atomic E-state index is -3.54. The van der Waals surface area contributed by atoms with Gasteiger partial charge in [-0.15, -0.1) is 12.4 Å². The first-order valence-electron chi connectivity index (χ1n) is 10.6. The molecule has 33 heavy (non-hydrogen) atoms. The molecule has 0 saturated carbocycles. The highest BCUT2D eigenvalue weighted by atomic mass is 35.5. The van der Waals surface area contributed by atoms with Crippen LogP contribution in [-0.2, 0) is 14.6 Å². The van der Waals surface area contributed by atoms with Crippen LogP contribution in [0.1, 0.15) is 20.3 Å². The molecule has 10 heteroatoms. The van der Waals surface area contributed by atoms with Gasteiger partial charge in [-0.1, -0.05) is 43.4 Å². The Morgan fingerprint density at radius 2 is 1.76 bits per heavy atom. The van der Waals surface area contributed by atoms with Crippen LogP contribution in [0.4, 0.5) is 5.13 Å². The summed E-state index contributed by atoms with van der Waals surface area (Å²) in [6.45, 7) is 7.03. The van der Waals surface area contributed by atoms with E-state index in [9.17, 15) is 13.2 Å². The zero-order valence-electron chi connectivity index (χ0n) is 19.1. The van der Waals surface area contributed by atoms with E-state index in [1.165, 1.54) is 11.3 Å². The van der Waals surface area contributed by atoms with Crippen LogP contribution in [0.3, 0.4) is 0 Å². The molecule has 0 aliphatic rings. The third-order valence-electron chi connectivity index (χ3n) is 5.34. The Labute approximate surface area is 205 Å². The topological polar surface area (TPSA) is 79.8 Å². The van der Waals surface area contributed by atoms with Crippen LogP contribution in [0.15, 0.2) is 53.4 Å².